The fourth-order valence-electron chi connectivity index (χ4n) is 2.62. The van der Waals surface area contributed by atoms with E-state index in [-0.39, 0.29) is 25.8 Å². The molecule has 0 amide bonds. The van der Waals surface area contributed by atoms with Crippen LogP contribution in [0.3, 0.4) is 0 Å². The first-order valence-electron chi connectivity index (χ1n) is 9.63. The number of esters is 1. The summed E-state index contributed by atoms with van der Waals surface area (Å²) >= 11 is 0. The quantitative estimate of drug-likeness (QED) is 0.244. The van der Waals surface area contributed by atoms with E-state index >= 15 is 0 Å². The van der Waals surface area contributed by atoms with Gasteiger partial charge in [-0.3, -0.25) is 4.79 Å². The van der Waals surface area contributed by atoms with Crippen molar-refractivity contribution in [3.05, 3.63) is 0 Å². The highest BCUT2D eigenvalue weighted by atomic mass is 16.5. The Hall–Kier alpha value is -1.18. The molecule has 0 aliphatic carbocycles. The van der Waals surface area contributed by atoms with Gasteiger partial charge in [0, 0.05) is 12.8 Å². The predicted molar refractivity (Wildman–Crippen MR) is 99.9 cm³/mol. The van der Waals surface area contributed by atoms with Crippen LogP contribution >= 0.6 is 0 Å². The van der Waals surface area contributed by atoms with Crippen molar-refractivity contribution in [1.29, 1.82) is 0 Å². The number of likely N-dealkylation sites (N-methyl/N-ethyl adjacent to an activating group) is 1. The molecule has 2 atom stereocenters. The van der Waals surface area contributed by atoms with E-state index in [0.29, 0.717) is 17.3 Å². The number of unbranched alkanes of at least 4 members (excludes halogenated alkanes) is 5. The lowest BCUT2D eigenvalue weighted by atomic mass is 10.1. The van der Waals surface area contributed by atoms with Gasteiger partial charge < -0.3 is 24.2 Å². The Morgan fingerprint density at radius 2 is 1.62 bits per heavy atom. The molecule has 0 saturated carbocycles. The Kier molecular flexibility index (Phi) is 13.3. The van der Waals surface area contributed by atoms with Crippen LogP contribution in [0, 0.1) is 0 Å². The van der Waals surface area contributed by atoms with Gasteiger partial charge in [-0.2, -0.15) is 0 Å². The second kappa shape index (κ2) is 13.9. The van der Waals surface area contributed by atoms with Gasteiger partial charge in [0.25, 0.3) is 0 Å². The van der Waals surface area contributed by atoms with Gasteiger partial charge in [0.15, 0.2) is 6.04 Å². The highest BCUT2D eigenvalue weighted by Gasteiger charge is 2.30. The van der Waals surface area contributed by atoms with E-state index in [0.717, 1.165) is 19.3 Å². The number of carboxylic acid groups (broad SMARTS) is 1. The van der Waals surface area contributed by atoms with Gasteiger partial charge in [0.05, 0.1) is 34.4 Å². The molecule has 7 nitrogen and oxygen atoms in total. The summed E-state index contributed by atoms with van der Waals surface area (Å²) in [5.41, 5.74) is 0. The molecule has 2 N–H and O–H groups in total. The number of carbonyl (C=O) groups excluding carboxylic acids is 1. The normalized spacial score (nSPS) is 14.0. The molecule has 0 heterocycles. The minimum atomic E-state index is -0.893. The Bertz CT molecular complexity index is 394. The highest BCUT2D eigenvalue weighted by molar-refractivity contribution is 5.72. The summed E-state index contributed by atoms with van der Waals surface area (Å²) in [6.45, 7) is 2.33. The molecule has 0 spiro atoms. The lowest BCUT2D eigenvalue weighted by Gasteiger charge is -2.31. The van der Waals surface area contributed by atoms with Crippen molar-refractivity contribution in [2.45, 2.75) is 70.4 Å². The largest absolute Gasteiger partial charge is 0.477 e. The van der Waals surface area contributed by atoms with Crippen molar-refractivity contribution in [1.82, 2.24) is 0 Å². The van der Waals surface area contributed by atoms with E-state index in [9.17, 15) is 19.8 Å². The van der Waals surface area contributed by atoms with Crippen molar-refractivity contribution < 1.29 is 33.8 Å². The maximum absolute atomic E-state index is 11.6. The van der Waals surface area contributed by atoms with Crippen LogP contribution in [-0.4, -0.2) is 79.7 Å². The van der Waals surface area contributed by atoms with Gasteiger partial charge in [-0.25, -0.2) is 4.79 Å². The van der Waals surface area contributed by atoms with Crippen molar-refractivity contribution >= 4 is 11.9 Å². The summed E-state index contributed by atoms with van der Waals surface area (Å²) in [6, 6.07) is -0.567. The van der Waals surface area contributed by atoms with Gasteiger partial charge in [-0.1, -0.05) is 39.0 Å². The van der Waals surface area contributed by atoms with Crippen LogP contribution in [0.15, 0.2) is 0 Å². The SMILES string of the molecule is CCCCCCCCC(=O)OCC(O)COCCC(C(=O)O)[N+](C)(C)C. The van der Waals surface area contributed by atoms with Gasteiger partial charge >= 0.3 is 11.9 Å². The smallest absolute Gasteiger partial charge is 0.362 e. The van der Waals surface area contributed by atoms with Crippen LogP contribution in [0.5, 0.6) is 0 Å². The van der Waals surface area contributed by atoms with Crippen LogP contribution in [0.2, 0.25) is 0 Å². The fourth-order valence-corrected chi connectivity index (χ4v) is 2.62. The summed E-state index contributed by atoms with van der Waals surface area (Å²) in [6.07, 6.45) is 6.46. The average molecular weight is 377 g/mol. The number of aliphatic hydroxyl groups excluding tert-OH is 1. The number of aliphatic hydroxyl groups is 1. The third-order valence-corrected chi connectivity index (χ3v) is 4.24. The molecule has 0 fully saturated rings. The summed E-state index contributed by atoms with van der Waals surface area (Å²) in [5, 5.41) is 19.0. The first-order chi connectivity index (χ1) is 12.2. The summed E-state index contributed by atoms with van der Waals surface area (Å²) in [5.74, 6) is -1.17. The number of aliphatic carboxylic acids is 1. The van der Waals surface area contributed by atoms with Crippen LogP contribution in [0.1, 0.15) is 58.3 Å². The van der Waals surface area contributed by atoms with E-state index in [1.165, 1.54) is 19.3 Å². The first-order valence-corrected chi connectivity index (χ1v) is 9.63. The maximum atomic E-state index is 11.6. The number of hydrogen-bond donors (Lipinski definition) is 2. The van der Waals surface area contributed by atoms with Gasteiger partial charge in [-0.15, -0.1) is 0 Å². The molecule has 0 rings (SSSR count). The number of carbonyl (C=O) groups is 2. The molecule has 0 radical (unpaired) electrons. The minimum Gasteiger partial charge on any atom is -0.477 e. The van der Waals surface area contributed by atoms with Gasteiger partial charge in [0.2, 0.25) is 0 Å². The Labute approximate surface area is 157 Å². The Morgan fingerprint density at radius 3 is 2.19 bits per heavy atom. The van der Waals surface area contributed by atoms with Gasteiger partial charge in [-0.05, 0) is 6.42 Å². The molecular weight excluding hydrogens is 338 g/mol. The zero-order chi connectivity index (χ0) is 20.0. The third-order valence-electron chi connectivity index (χ3n) is 4.24. The number of ether oxygens (including phenoxy) is 2. The molecule has 0 saturated heterocycles. The molecule has 0 aliphatic rings. The van der Waals surface area contributed by atoms with E-state index < -0.39 is 18.1 Å². The van der Waals surface area contributed by atoms with Crippen molar-refractivity contribution in [2.24, 2.45) is 0 Å². The van der Waals surface area contributed by atoms with E-state index in [2.05, 4.69) is 6.92 Å². The molecular formula is C19H38NO6+. The topological polar surface area (TPSA) is 93.1 Å². The van der Waals surface area contributed by atoms with E-state index in [4.69, 9.17) is 9.47 Å². The Balaban J connectivity index is 3.74. The molecule has 2 unspecified atom stereocenters. The van der Waals surface area contributed by atoms with Crippen LogP contribution in [0.25, 0.3) is 0 Å². The number of carboxylic acids is 1. The standard InChI is InChI=1S/C19H37NO6/c1-5-6-7-8-9-10-11-18(22)26-15-16(21)14-25-13-12-17(19(23)24)20(2,3)4/h16-17,21H,5-15H2,1-4H3/p+1. The number of hydrogen-bond acceptors (Lipinski definition) is 5. The predicted octanol–water partition coefficient (Wildman–Crippen LogP) is 2.21. The Morgan fingerprint density at radius 1 is 1.00 bits per heavy atom. The van der Waals surface area contributed by atoms with Crippen molar-refractivity contribution in [3.8, 4) is 0 Å². The van der Waals surface area contributed by atoms with E-state index in [1.807, 2.05) is 21.1 Å². The number of nitrogens with zero attached hydrogens (tertiary/aromatic N) is 1. The minimum absolute atomic E-state index is 0.0216. The molecule has 0 aromatic rings. The zero-order valence-corrected chi connectivity index (χ0v) is 16.9. The molecule has 7 heteroatoms. The molecule has 0 aromatic heterocycles. The monoisotopic (exact) mass is 376 g/mol. The number of quaternary nitrogens is 1. The zero-order valence-electron chi connectivity index (χ0n) is 16.9. The van der Waals surface area contributed by atoms with Gasteiger partial charge in [0.1, 0.15) is 12.7 Å². The summed E-state index contributed by atoms with van der Waals surface area (Å²) in [7, 11) is 5.45. The maximum Gasteiger partial charge on any atom is 0.362 e. The van der Waals surface area contributed by atoms with Crippen LogP contribution < -0.4 is 0 Å². The molecule has 0 aromatic carbocycles. The number of rotatable bonds is 16. The molecule has 0 aliphatic heterocycles. The lowest BCUT2D eigenvalue weighted by molar-refractivity contribution is -0.887. The van der Waals surface area contributed by atoms with Crippen LogP contribution in [0.4, 0.5) is 0 Å². The molecule has 0 bridgehead atoms. The first kappa shape index (κ1) is 24.8. The highest BCUT2D eigenvalue weighted by Crippen LogP contribution is 2.09. The average Bonchev–Trinajstić information content (AvgIpc) is 2.54. The second-order valence-corrected chi connectivity index (χ2v) is 7.69. The van der Waals surface area contributed by atoms with E-state index in [1.54, 1.807) is 0 Å². The van der Waals surface area contributed by atoms with Crippen molar-refractivity contribution in [2.75, 3.05) is 41.0 Å². The fraction of sp³-hybridized carbons (Fsp3) is 0.895. The lowest BCUT2D eigenvalue weighted by Crippen LogP contribution is -2.50. The molecule has 154 valence electrons. The summed E-state index contributed by atoms with van der Waals surface area (Å²) < 4.78 is 10.7. The molecule has 26 heavy (non-hydrogen) atoms. The second-order valence-electron chi connectivity index (χ2n) is 7.69. The van der Waals surface area contributed by atoms with Crippen LogP contribution in [-0.2, 0) is 19.1 Å². The summed E-state index contributed by atoms with van der Waals surface area (Å²) in [4.78, 5) is 22.8. The van der Waals surface area contributed by atoms with Crippen molar-refractivity contribution in [3.63, 3.8) is 0 Å². The third kappa shape index (κ3) is 13.1.